The van der Waals surface area contributed by atoms with Gasteiger partial charge in [0.25, 0.3) is 0 Å². The van der Waals surface area contributed by atoms with Gasteiger partial charge in [0.2, 0.25) is 0 Å². The van der Waals surface area contributed by atoms with E-state index < -0.39 is 0 Å². The molecule has 0 saturated heterocycles. The fourth-order valence-electron chi connectivity index (χ4n) is 3.18. The van der Waals surface area contributed by atoms with Crippen LogP contribution >= 0.6 is 0 Å². The molecule has 0 heterocycles. The lowest BCUT2D eigenvalue weighted by atomic mass is 9.82. The van der Waals surface area contributed by atoms with Gasteiger partial charge in [0.05, 0.1) is 0 Å². The topological polar surface area (TPSA) is 26.0 Å². The number of benzene rings is 2. The molecule has 2 N–H and O–H groups in total. The van der Waals surface area contributed by atoms with Gasteiger partial charge in [-0.05, 0) is 62.9 Å². The minimum Gasteiger partial charge on any atom is -0.330 e. The molecule has 0 radical (unpaired) electrons. The lowest BCUT2D eigenvalue weighted by Gasteiger charge is -2.22. The van der Waals surface area contributed by atoms with E-state index >= 15 is 0 Å². The number of aryl methyl sites for hydroxylation is 4. The van der Waals surface area contributed by atoms with Crippen molar-refractivity contribution in [3.63, 3.8) is 0 Å². The van der Waals surface area contributed by atoms with Gasteiger partial charge in [-0.25, -0.2) is 0 Å². The van der Waals surface area contributed by atoms with E-state index in [-0.39, 0.29) is 0 Å². The van der Waals surface area contributed by atoms with Crippen LogP contribution in [-0.4, -0.2) is 6.54 Å². The molecule has 1 unspecified atom stereocenters. The van der Waals surface area contributed by atoms with Crippen LogP contribution in [0, 0.1) is 27.7 Å². The Bertz CT molecular complexity index is 558. The van der Waals surface area contributed by atoms with Gasteiger partial charge in [-0.2, -0.15) is 0 Å². The summed E-state index contributed by atoms with van der Waals surface area (Å²) in [5, 5.41) is 0. The van der Waals surface area contributed by atoms with Crippen LogP contribution in [0.15, 0.2) is 36.4 Å². The van der Waals surface area contributed by atoms with E-state index in [0.717, 1.165) is 6.42 Å². The van der Waals surface area contributed by atoms with Crippen molar-refractivity contribution < 1.29 is 0 Å². The van der Waals surface area contributed by atoms with E-state index in [0.29, 0.717) is 12.5 Å². The Morgan fingerprint density at radius 1 is 0.850 bits per heavy atom. The van der Waals surface area contributed by atoms with E-state index in [4.69, 9.17) is 5.73 Å². The molecule has 1 nitrogen and oxygen atoms in total. The quantitative estimate of drug-likeness (QED) is 0.873. The second-order valence-electron chi connectivity index (χ2n) is 5.85. The summed E-state index contributed by atoms with van der Waals surface area (Å²) in [4.78, 5) is 0. The van der Waals surface area contributed by atoms with Crippen molar-refractivity contribution in [1.29, 1.82) is 0 Å². The molecule has 0 bridgehead atoms. The fourth-order valence-corrected chi connectivity index (χ4v) is 3.18. The molecular weight excluding hydrogens is 242 g/mol. The van der Waals surface area contributed by atoms with E-state index in [1.54, 1.807) is 0 Å². The zero-order valence-electron chi connectivity index (χ0n) is 13.0. The molecular formula is C19H25N. The molecule has 20 heavy (non-hydrogen) atoms. The van der Waals surface area contributed by atoms with Crippen LogP contribution in [0.3, 0.4) is 0 Å². The van der Waals surface area contributed by atoms with Crippen LogP contribution in [0.5, 0.6) is 0 Å². The SMILES string of the molecule is Cc1ccc(C(CCN)c2c(C)cc(C)cc2C)cc1. The Kier molecular flexibility index (Phi) is 4.61. The third-order valence-electron chi connectivity index (χ3n) is 4.02. The lowest BCUT2D eigenvalue weighted by Crippen LogP contribution is -2.11. The fraction of sp³-hybridized carbons (Fsp3) is 0.368. The third-order valence-corrected chi connectivity index (χ3v) is 4.02. The van der Waals surface area contributed by atoms with Gasteiger partial charge >= 0.3 is 0 Å². The summed E-state index contributed by atoms with van der Waals surface area (Å²) < 4.78 is 0. The molecule has 2 aromatic rings. The van der Waals surface area contributed by atoms with Gasteiger partial charge in [-0.15, -0.1) is 0 Å². The first-order valence-corrected chi connectivity index (χ1v) is 7.37. The highest BCUT2D eigenvalue weighted by atomic mass is 14.5. The monoisotopic (exact) mass is 267 g/mol. The first-order valence-electron chi connectivity index (χ1n) is 7.37. The average Bonchev–Trinajstić information content (AvgIpc) is 2.37. The second-order valence-corrected chi connectivity index (χ2v) is 5.85. The van der Waals surface area contributed by atoms with Gasteiger partial charge in [0.1, 0.15) is 0 Å². The minimum atomic E-state index is 0.404. The van der Waals surface area contributed by atoms with Crippen molar-refractivity contribution >= 4 is 0 Å². The summed E-state index contributed by atoms with van der Waals surface area (Å²) in [6.07, 6.45) is 0.994. The van der Waals surface area contributed by atoms with Gasteiger partial charge < -0.3 is 5.73 Å². The molecule has 0 aliphatic heterocycles. The summed E-state index contributed by atoms with van der Waals surface area (Å²) in [5.41, 5.74) is 14.1. The van der Waals surface area contributed by atoms with E-state index in [2.05, 4.69) is 64.1 Å². The van der Waals surface area contributed by atoms with Crippen molar-refractivity contribution in [3.05, 3.63) is 69.8 Å². The molecule has 0 aromatic heterocycles. The molecule has 2 aromatic carbocycles. The third kappa shape index (κ3) is 3.10. The predicted octanol–water partition coefficient (Wildman–Crippen LogP) is 4.40. The number of rotatable bonds is 4. The zero-order valence-corrected chi connectivity index (χ0v) is 13.0. The maximum atomic E-state index is 5.86. The molecule has 2 rings (SSSR count). The highest BCUT2D eigenvalue weighted by molar-refractivity contribution is 5.45. The van der Waals surface area contributed by atoms with Gasteiger partial charge in [-0.3, -0.25) is 0 Å². The van der Waals surface area contributed by atoms with Gasteiger partial charge in [-0.1, -0.05) is 47.5 Å². The second kappa shape index (κ2) is 6.23. The van der Waals surface area contributed by atoms with Crippen LogP contribution in [0.2, 0.25) is 0 Å². The first kappa shape index (κ1) is 14.8. The molecule has 0 aliphatic rings. The smallest absolute Gasteiger partial charge is 0.0107 e. The van der Waals surface area contributed by atoms with Crippen molar-refractivity contribution in [3.8, 4) is 0 Å². The van der Waals surface area contributed by atoms with Crippen molar-refractivity contribution in [2.45, 2.75) is 40.0 Å². The van der Waals surface area contributed by atoms with Crippen molar-refractivity contribution in [2.24, 2.45) is 5.73 Å². The Balaban J connectivity index is 2.51. The average molecular weight is 267 g/mol. The number of hydrogen-bond donors (Lipinski definition) is 1. The van der Waals surface area contributed by atoms with Gasteiger partial charge in [0.15, 0.2) is 0 Å². The van der Waals surface area contributed by atoms with Crippen molar-refractivity contribution in [1.82, 2.24) is 0 Å². The van der Waals surface area contributed by atoms with E-state index in [1.807, 2.05) is 0 Å². The normalized spacial score (nSPS) is 12.4. The van der Waals surface area contributed by atoms with Gasteiger partial charge in [0, 0.05) is 5.92 Å². The van der Waals surface area contributed by atoms with Crippen LogP contribution in [0.4, 0.5) is 0 Å². The first-order chi connectivity index (χ1) is 9.52. The molecule has 106 valence electrons. The lowest BCUT2D eigenvalue weighted by molar-refractivity contribution is 0.717. The van der Waals surface area contributed by atoms with E-state index in [1.165, 1.54) is 33.4 Å². The van der Waals surface area contributed by atoms with Crippen LogP contribution in [0.1, 0.15) is 45.7 Å². The van der Waals surface area contributed by atoms with E-state index in [9.17, 15) is 0 Å². The molecule has 1 atom stereocenters. The predicted molar refractivity (Wildman–Crippen MR) is 87.3 cm³/mol. The molecule has 0 aliphatic carbocycles. The summed E-state index contributed by atoms with van der Waals surface area (Å²) in [6.45, 7) is 9.43. The van der Waals surface area contributed by atoms with Crippen LogP contribution < -0.4 is 5.73 Å². The highest BCUT2D eigenvalue weighted by Gasteiger charge is 2.18. The Labute approximate surface area is 122 Å². The maximum Gasteiger partial charge on any atom is 0.0107 e. The summed E-state index contributed by atoms with van der Waals surface area (Å²) in [6, 6.07) is 13.4. The maximum absolute atomic E-state index is 5.86. The van der Waals surface area contributed by atoms with Crippen LogP contribution in [-0.2, 0) is 0 Å². The number of hydrogen-bond acceptors (Lipinski definition) is 1. The Hall–Kier alpha value is -1.60. The summed E-state index contributed by atoms with van der Waals surface area (Å²) in [5.74, 6) is 0.404. The summed E-state index contributed by atoms with van der Waals surface area (Å²) >= 11 is 0. The number of nitrogens with two attached hydrogens (primary N) is 1. The Morgan fingerprint density at radius 2 is 1.40 bits per heavy atom. The standard InChI is InChI=1S/C19H25N/c1-13-5-7-17(8-6-13)18(9-10-20)19-15(3)11-14(2)12-16(19)4/h5-8,11-12,18H,9-10,20H2,1-4H3. The molecule has 0 saturated carbocycles. The molecule has 0 amide bonds. The minimum absolute atomic E-state index is 0.404. The Morgan fingerprint density at radius 3 is 1.90 bits per heavy atom. The van der Waals surface area contributed by atoms with Crippen LogP contribution in [0.25, 0.3) is 0 Å². The highest BCUT2D eigenvalue weighted by Crippen LogP contribution is 2.33. The summed E-state index contributed by atoms with van der Waals surface area (Å²) in [7, 11) is 0. The molecule has 1 heteroatoms. The largest absolute Gasteiger partial charge is 0.330 e. The molecule has 0 spiro atoms. The molecule has 0 fully saturated rings. The zero-order chi connectivity index (χ0) is 14.7. The van der Waals surface area contributed by atoms with Crippen molar-refractivity contribution in [2.75, 3.05) is 6.54 Å².